The highest BCUT2D eigenvalue weighted by atomic mass is 79.9. The summed E-state index contributed by atoms with van der Waals surface area (Å²) in [5.41, 5.74) is -0.425. The normalized spacial score (nSPS) is 25.6. The minimum atomic E-state index is -0.212. The molecule has 1 fully saturated rings. The van der Waals surface area contributed by atoms with Gasteiger partial charge in [-0.1, -0.05) is 35.7 Å². The second-order valence-electron chi connectivity index (χ2n) is 5.28. The van der Waals surface area contributed by atoms with E-state index in [4.69, 9.17) is 9.31 Å². The summed E-state index contributed by atoms with van der Waals surface area (Å²) in [5.74, 6) is 0. The van der Waals surface area contributed by atoms with Crippen LogP contribution in [0, 0.1) is 0 Å². The van der Waals surface area contributed by atoms with Crippen LogP contribution in [0.15, 0.2) is 0 Å². The Labute approximate surface area is 102 Å². The summed E-state index contributed by atoms with van der Waals surface area (Å²) in [4.78, 5) is 0. The Morgan fingerprint density at radius 2 is 1.60 bits per heavy atom. The topological polar surface area (TPSA) is 18.5 Å². The predicted molar refractivity (Wildman–Crippen MR) is 68.3 cm³/mol. The first-order valence-corrected chi connectivity index (χ1v) is 6.71. The lowest BCUT2D eigenvalue weighted by Crippen LogP contribution is -2.41. The van der Waals surface area contributed by atoms with E-state index < -0.39 is 0 Å². The van der Waals surface area contributed by atoms with Crippen LogP contribution in [0.2, 0.25) is 0 Å². The molecule has 0 saturated carbocycles. The van der Waals surface area contributed by atoms with Gasteiger partial charge in [0.1, 0.15) is 0 Å². The number of unbranched alkanes of at least 4 members (excludes halogenated alkanes) is 1. The van der Waals surface area contributed by atoms with E-state index in [-0.39, 0.29) is 18.3 Å². The van der Waals surface area contributed by atoms with Gasteiger partial charge in [-0.15, -0.1) is 0 Å². The molecule has 88 valence electrons. The first-order chi connectivity index (χ1) is 6.80. The molecule has 0 aromatic heterocycles. The lowest BCUT2D eigenvalue weighted by Gasteiger charge is -2.32. The Bertz CT molecular complexity index is 203. The fraction of sp³-hybridized carbons (Fsp3) is 1.00. The molecule has 1 rings (SSSR count). The number of alkyl halides is 1. The van der Waals surface area contributed by atoms with Gasteiger partial charge < -0.3 is 9.31 Å². The van der Waals surface area contributed by atoms with Gasteiger partial charge >= 0.3 is 7.12 Å². The third-order valence-electron chi connectivity index (χ3n) is 3.40. The van der Waals surface area contributed by atoms with Gasteiger partial charge in [0.2, 0.25) is 0 Å². The van der Waals surface area contributed by atoms with Crippen LogP contribution < -0.4 is 0 Å². The van der Waals surface area contributed by atoms with Crippen molar-refractivity contribution < 1.29 is 9.31 Å². The summed E-state index contributed by atoms with van der Waals surface area (Å²) in [6.07, 6.45) is 3.52. The predicted octanol–water partition coefficient (Wildman–Crippen LogP) is 3.57. The molecule has 0 radical (unpaired) electrons. The van der Waals surface area contributed by atoms with E-state index in [0.29, 0.717) is 4.73 Å². The SMILES string of the molecule is CCCCC(Br)B1OC(C)(C)C(C)(C)O1. The highest BCUT2D eigenvalue weighted by molar-refractivity contribution is 9.10. The van der Waals surface area contributed by atoms with E-state index in [9.17, 15) is 0 Å². The van der Waals surface area contributed by atoms with Crippen molar-refractivity contribution in [2.24, 2.45) is 0 Å². The zero-order chi connectivity index (χ0) is 11.7. The van der Waals surface area contributed by atoms with Crippen molar-refractivity contribution >= 4 is 23.0 Å². The molecule has 1 unspecified atom stereocenters. The van der Waals surface area contributed by atoms with Gasteiger partial charge in [-0.05, 0) is 34.1 Å². The van der Waals surface area contributed by atoms with Crippen LogP contribution >= 0.6 is 15.9 Å². The van der Waals surface area contributed by atoms with E-state index in [1.54, 1.807) is 0 Å². The Morgan fingerprint density at radius 3 is 2.00 bits per heavy atom. The lowest BCUT2D eigenvalue weighted by atomic mass is 9.82. The molecule has 0 aromatic rings. The molecule has 0 amide bonds. The van der Waals surface area contributed by atoms with Gasteiger partial charge in [0.25, 0.3) is 0 Å². The first kappa shape index (κ1) is 13.5. The smallest absolute Gasteiger partial charge is 0.403 e. The summed E-state index contributed by atoms with van der Waals surface area (Å²) in [5, 5.41) is 0. The van der Waals surface area contributed by atoms with E-state index >= 15 is 0 Å². The van der Waals surface area contributed by atoms with Crippen LogP contribution in [0.5, 0.6) is 0 Å². The fourth-order valence-corrected chi connectivity index (χ4v) is 2.11. The van der Waals surface area contributed by atoms with Crippen LogP contribution in [0.4, 0.5) is 0 Å². The molecule has 1 aliphatic rings. The lowest BCUT2D eigenvalue weighted by molar-refractivity contribution is 0.00578. The van der Waals surface area contributed by atoms with E-state index in [2.05, 4.69) is 50.5 Å². The van der Waals surface area contributed by atoms with Crippen LogP contribution in [0.25, 0.3) is 0 Å². The van der Waals surface area contributed by atoms with Crippen molar-refractivity contribution in [2.45, 2.75) is 69.8 Å². The molecule has 1 saturated heterocycles. The second-order valence-corrected chi connectivity index (χ2v) is 6.46. The maximum Gasteiger partial charge on any atom is 0.472 e. The first-order valence-electron chi connectivity index (χ1n) is 5.80. The van der Waals surface area contributed by atoms with Crippen molar-refractivity contribution in [1.29, 1.82) is 0 Å². The Kier molecular flexibility index (Phi) is 4.30. The summed E-state index contributed by atoms with van der Waals surface area (Å²) in [7, 11) is -0.110. The average molecular weight is 277 g/mol. The second kappa shape index (κ2) is 4.76. The van der Waals surface area contributed by atoms with Gasteiger partial charge in [-0.25, -0.2) is 0 Å². The van der Waals surface area contributed by atoms with Crippen molar-refractivity contribution in [3.05, 3.63) is 0 Å². The molecular weight excluding hydrogens is 255 g/mol. The fourth-order valence-electron chi connectivity index (χ4n) is 1.57. The maximum atomic E-state index is 5.95. The molecule has 1 heterocycles. The monoisotopic (exact) mass is 276 g/mol. The summed E-state index contributed by atoms with van der Waals surface area (Å²) in [6.45, 7) is 10.6. The van der Waals surface area contributed by atoms with Crippen molar-refractivity contribution in [3.8, 4) is 0 Å². The van der Waals surface area contributed by atoms with Crippen LogP contribution in [-0.4, -0.2) is 23.0 Å². The molecule has 4 heteroatoms. The molecule has 1 atom stereocenters. The van der Waals surface area contributed by atoms with Gasteiger partial charge in [0.05, 0.1) is 11.2 Å². The van der Waals surface area contributed by atoms with E-state index in [1.165, 1.54) is 12.8 Å². The molecule has 0 N–H and O–H groups in total. The van der Waals surface area contributed by atoms with Gasteiger partial charge in [-0.2, -0.15) is 0 Å². The Morgan fingerprint density at radius 1 is 1.13 bits per heavy atom. The van der Waals surface area contributed by atoms with Crippen LogP contribution in [0.1, 0.15) is 53.9 Å². The largest absolute Gasteiger partial charge is 0.472 e. The van der Waals surface area contributed by atoms with E-state index in [1.807, 2.05) is 0 Å². The minimum Gasteiger partial charge on any atom is -0.403 e. The average Bonchev–Trinajstić information content (AvgIpc) is 2.32. The summed E-state index contributed by atoms with van der Waals surface area (Å²) >= 11 is 3.66. The van der Waals surface area contributed by atoms with Crippen LogP contribution in [0.3, 0.4) is 0 Å². The molecule has 0 aliphatic carbocycles. The standard InChI is InChI=1S/C11H22BBrO2/c1-6-7-8-9(13)12-14-10(2,3)11(4,5)15-12/h9H,6-8H2,1-5H3. The number of hydrogen-bond donors (Lipinski definition) is 0. The summed E-state index contributed by atoms with van der Waals surface area (Å²) in [6, 6.07) is 0. The quantitative estimate of drug-likeness (QED) is 0.577. The van der Waals surface area contributed by atoms with Crippen molar-refractivity contribution in [2.75, 3.05) is 0 Å². The van der Waals surface area contributed by atoms with Crippen LogP contribution in [-0.2, 0) is 9.31 Å². The zero-order valence-corrected chi connectivity index (χ0v) is 12.1. The Balaban J connectivity index is 2.54. The maximum absolute atomic E-state index is 5.95. The minimum absolute atomic E-state index is 0.110. The Hall–Kier alpha value is 0.465. The third-order valence-corrected chi connectivity index (χ3v) is 4.29. The highest BCUT2D eigenvalue weighted by Gasteiger charge is 2.53. The third kappa shape index (κ3) is 2.98. The zero-order valence-electron chi connectivity index (χ0n) is 10.5. The van der Waals surface area contributed by atoms with Crippen molar-refractivity contribution in [1.82, 2.24) is 0 Å². The molecule has 0 bridgehead atoms. The number of rotatable bonds is 4. The molecule has 15 heavy (non-hydrogen) atoms. The molecule has 2 nitrogen and oxygen atoms in total. The molecule has 0 spiro atoms. The van der Waals surface area contributed by atoms with Gasteiger partial charge in [-0.3, -0.25) is 0 Å². The molecular formula is C11H22BBrO2. The highest BCUT2D eigenvalue weighted by Crippen LogP contribution is 2.39. The molecule has 1 aliphatic heterocycles. The summed E-state index contributed by atoms with van der Waals surface area (Å²) < 4.78 is 12.2. The van der Waals surface area contributed by atoms with Crippen molar-refractivity contribution in [3.63, 3.8) is 0 Å². The van der Waals surface area contributed by atoms with Gasteiger partial charge in [0, 0.05) is 4.73 Å². The van der Waals surface area contributed by atoms with Gasteiger partial charge in [0.15, 0.2) is 0 Å². The number of hydrogen-bond acceptors (Lipinski definition) is 2. The number of halogens is 1. The molecule has 0 aromatic carbocycles. The van der Waals surface area contributed by atoms with E-state index in [0.717, 1.165) is 6.42 Å².